The number of ether oxygens (including phenoxy) is 1. The zero-order valence-corrected chi connectivity index (χ0v) is 10.1. The Balaban J connectivity index is 2.12. The van der Waals surface area contributed by atoms with Crippen LogP contribution in [0.1, 0.15) is 19.0 Å². The van der Waals surface area contributed by atoms with Crippen LogP contribution in [0.15, 0.2) is 30.6 Å². The van der Waals surface area contributed by atoms with E-state index in [4.69, 9.17) is 15.9 Å². The fraction of sp³-hybridized carbons (Fsp3) is 0.250. The van der Waals surface area contributed by atoms with Crippen molar-refractivity contribution >= 4 is 5.84 Å². The summed E-state index contributed by atoms with van der Waals surface area (Å²) in [5, 5.41) is 11.5. The van der Waals surface area contributed by atoms with Gasteiger partial charge in [-0.2, -0.15) is 5.10 Å². The largest absolute Gasteiger partial charge is 0.436 e. The second-order valence-corrected chi connectivity index (χ2v) is 3.82. The monoisotopic (exact) mass is 245 g/mol. The van der Waals surface area contributed by atoms with Crippen molar-refractivity contribution in [3.63, 3.8) is 0 Å². The first-order valence-corrected chi connectivity index (χ1v) is 5.71. The van der Waals surface area contributed by atoms with E-state index in [1.54, 1.807) is 24.4 Å². The number of rotatable bonds is 5. The minimum Gasteiger partial charge on any atom is -0.436 e. The van der Waals surface area contributed by atoms with Gasteiger partial charge in [0.2, 0.25) is 5.88 Å². The zero-order valence-electron chi connectivity index (χ0n) is 10.1. The van der Waals surface area contributed by atoms with Crippen molar-refractivity contribution in [3.05, 3.63) is 36.3 Å². The summed E-state index contributed by atoms with van der Waals surface area (Å²) < 4.78 is 7.36. The Bertz CT molecular complexity index is 549. The molecule has 0 bridgehead atoms. The summed E-state index contributed by atoms with van der Waals surface area (Å²) in [5.41, 5.74) is 5.77. The molecule has 0 atom stereocenters. The molecule has 0 aliphatic rings. The lowest BCUT2D eigenvalue weighted by atomic mass is 10.3. The molecule has 0 aromatic carbocycles. The maximum Gasteiger partial charge on any atom is 0.220 e. The quantitative estimate of drug-likeness (QED) is 0.620. The van der Waals surface area contributed by atoms with Gasteiger partial charge in [-0.25, -0.2) is 4.98 Å². The number of nitrogens with two attached hydrogens (primary N) is 1. The van der Waals surface area contributed by atoms with Gasteiger partial charge >= 0.3 is 0 Å². The van der Waals surface area contributed by atoms with Gasteiger partial charge in [0.25, 0.3) is 0 Å². The van der Waals surface area contributed by atoms with Crippen molar-refractivity contribution in [2.45, 2.75) is 19.9 Å². The highest BCUT2D eigenvalue weighted by Gasteiger charge is 2.04. The summed E-state index contributed by atoms with van der Waals surface area (Å²) in [6, 6.07) is 5.12. The van der Waals surface area contributed by atoms with E-state index in [0.717, 1.165) is 13.0 Å². The highest BCUT2D eigenvalue weighted by Crippen LogP contribution is 2.18. The average Bonchev–Trinajstić information content (AvgIpc) is 2.77. The molecule has 0 radical (unpaired) electrons. The summed E-state index contributed by atoms with van der Waals surface area (Å²) in [6.07, 6.45) is 4.46. The van der Waals surface area contributed by atoms with Crippen molar-refractivity contribution in [1.29, 1.82) is 5.41 Å². The smallest absolute Gasteiger partial charge is 0.220 e. The maximum atomic E-state index is 7.31. The number of pyridine rings is 1. The molecule has 6 nitrogen and oxygen atoms in total. The minimum absolute atomic E-state index is 0.0814. The second kappa shape index (κ2) is 5.31. The highest BCUT2D eigenvalue weighted by molar-refractivity contribution is 5.93. The van der Waals surface area contributed by atoms with E-state index >= 15 is 0 Å². The summed E-state index contributed by atoms with van der Waals surface area (Å²) >= 11 is 0. The molecular weight excluding hydrogens is 230 g/mol. The first kappa shape index (κ1) is 12.1. The molecule has 2 heterocycles. The third-order valence-corrected chi connectivity index (χ3v) is 2.28. The summed E-state index contributed by atoms with van der Waals surface area (Å²) in [4.78, 5) is 4.11. The molecule has 94 valence electrons. The van der Waals surface area contributed by atoms with Crippen LogP contribution < -0.4 is 10.5 Å². The lowest BCUT2D eigenvalue weighted by molar-refractivity contribution is 0.461. The van der Waals surface area contributed by atoms with E-state index in [9.17, 15) is 0 Å². The third kappa shape index (κ3) is 2.85. The Labute approximate surface area is 105 Å². The van der Waals surface area contributed by atoms with Crippen molar-refractivity contribution in [2.24, 2.45) is 5.73 Å². The van der Waals surface area contributed by atoms with Crippen molar-refractivity contribution < 1.29 is 4.74 Å². The van der Waals surface area contributed by atoms with Crippen LogP contribution in [0.5, 0.6) is 11.6 Å². The van der Waals surface area contributed by atoms with Crippen molar-refractivity contribution in [3.8, 4) is 11.6 Å². The van der Waals surface area contributed by atoms with E-state index < -0.39 is 0 Å². The summed E-state index contributed by atoms with van der Waals surface area (Å²) in [5.74, 6) is 0.942. The van der Waals surface area contributed by atoms with Gasteiger partial charge in [0.1, 0.15) is 11.5 Å². The van der Waals surface area contributed by atoms with Gasteiger partial charge in [0.15, 0.2) is 5.75 Å². The second-order valence-electron chi connectivity index (χ2n) is 3.82. The molecule has 3 N–H and O–H groups in total. The van der Waals surface area contributed by atoms with E-state index in [2.05, 4.69) is 17.0 Å². The number of amidine groups is 1. The van der Waals surface area contributed by atoms with E-state index in [1.165, 1.54) is 0 Å². The molecule has 0 saturated heterocycles. The maximum absolute atomic E-state index is 7.31. The number of nitrogens with one attached hydrogen (secondary N) is 1. The van der Waals surface area contributed by atoms with Gasteiger partial charge in [-0.05, 0) is 12.5 Å². The van der Waals surface area contributed by atoms with Crippen molar-refractivity contribution in [1.82, 2.24) is 14.8 Å². The molecule has 0 unspecified atom stereocenters. The van der Waals surface area contributed by atoms with Gasteiger partial charge in [0.05, 0.1) is 12.4 Å². The van der Waals surface area contributed by atoms with Crippen LogP contribution >= 0.6 is 0 Å². The molecule has 0 fully saturated rings. The molecule has 0 amide bonds. The zero-order chi connectivity index (χ0) is 13.0. The molecule has 0 aliphatic carbocycles. The Morgan fingerprint density at radius 2 is 2.33 bits per heavy atom. The molecular formula is C12H15N5O. The van der Waals surface area contributed by atoms with E-state index in [-0.39, 0.29) is 5.84 Å². The van der Waals surface area contributed by atoms with Crippen LogP contribution in [0.3, 0.4) is 0 Å². The lowest BCUT2D eigenvalue weighted by Crippen LogP contribution is -2.12. The molecule has 18 heavy (non-hydrogen) atoms. The Kier molecular flexibility index (Phi) is 3.57. The fourth-order valence-electron chi connectivity index (χ4n) is 1.49. The van der Waals surface area contributed by atoms with Crippen LogP contribution in [-0.4, -0.2) is 20.6 Å². The predicted molar refractivity (Wildman–Crippen MR) is 67.8 cm³/mol. The first-order valence-electron chi connectivity index (χ1n) is 5.71. The summed E-state index contributed by atoms with van der Waals surface area (Å²) in [6.45, 7) is 2.93. The Hall–Kier alpha value is -2.37. The van der Waals surface area contributed by atoms with Gasteiger partial charge in [-0.1, -0.05) is 13.0 Å². The molecule has 0 saturated carbocycles. The first-order chi connectivity index (χ1) is 8.69. The highest BCUT2D eigenvalue weighted by atomic mass is 16.5. The predicted octanol–water partition coefficient (Wildman–Crippen LogP) is 1.76. The Morgan fingerprint density at radius 1 is 1.50 bits per heavy atom. The molecule has 0 aliphatic heterocycles. The average molecular weight is 245 g/mol. The molecule has 2 aromatic heterocycles. The normalized spacial score (nSPS) is 10.3. The van der Waals surface area contributed by atoms with Crippen LogP contribution in [0, 0.1) is 5.41 Å². The number of nitrogens with zero attached hydrogens (tertiary/aromatic N) is 3. The molecule has 6 heteroatoms. The lowest BCUT2D eigenvalue weighted by Gasteiger charge is -2.03. The van der Waals surface area contributed by atoms with Gasteiger partial charge in [-0.15, -0.1) is 0 Å². The van der Waals surface area contributed by atoms with Crippen LogP contribution in [0.2, 0.25) is 0 Å². The van der Waals surface area contributed by atoms with Crippen LogP contribution in [0.25, 0.3) is 0 Å². The van der Waals surface area contributed by atoms with Crippen LogP contribution in [-0.2, 0) is 6.54 Å². The Morgan fingerprint density at radius 3 is 3.06 bits per heavy atom. The third-order valence-electron chi connectivity index (χ3n) is 2.28. The van der Waals surface area contributed by atoms with Gasteiger partial charge in [0, 0.05) is 12.6 Å². The van der Waals surface area contributed by atoms with Crippen LogP contribution in [0.4, 0.5) is 0 Å². The van der Waals surface area contributed by atoms with E-state index in [0.29, 0.717) is 17.3 Å². The SMILES string of the molecule is CCCn1cc(Oc2cccc(C(=N)N)n2)cn1. The number of hydrogen-bond donors (Lipinski definition) is 2. The van der Waals surface area contributed by atoms with Crippen molar-refractivity contribution in [2.75, 3.05) is 0 Å². The topological polar surface area (TPSA) is 89.8 Å². The van der Waals surface area contributed by atoms with Gasteiger partial charge < -0.3 is 10.5 Å². The molecule has 2 aromatic rings. The number of aromatic nitrogens is 3. The standard InChI is InChI=1S/C12H15N5O/c1-2-6-17-8-9(7-15-17)18-11-5-3-4-10(16-11)12(13)14/h3-5,7-8H,2,6H2,1H3,(H3,13,14). The molecule has 0 spiro atoms. The van der Waals surface area contributed by atoms with E-state index in [1.807, 2.05) is 10.9 Å². The van der Waals surface area contributed by atoms with Gasteiger partial charge in [-0.3, -0.25) is 10.1 Å². The molecule has 2 rings (SSSR count). The number of nitrogen functional groups attached to an aromatic ring is 1. The number of aryl methyl sites for hydroxylation is 1. The fourth-order valence-corrected chi connectivity index (χ4v) is 1.49. The minimum atomic E-state index is -0.0814. The summed E-state index contributed by atoms with van der Waals surface area (Å²) in [7, 11) is 0. The number of hydrogen-bond acceptors (Lipinski definition) is 4.